The van der Waals surface area contributed by atoms with Gasteiger partial charge in [0, 0.05) is 6.20 Å². The molecule has 1 heterocycles. The summed E-state index contributed by atoms with van der Waals surface area (Å²) < 4.78 is 0. The van der Waals surface area contributed by atoms with Gasteiger partial charge < -0.3 is 5.32 Å². The third kappa shape index (κ3) is 2.67. The molecular weight excluding hydrogens is 222 g/mol. The molecule has 0 radical (unpaired) electrons. The summed E-state index contributed by atoms with van der Waals surface area (Å²) >= 11 is 0. The lowest BCUT2D eigenvalue weighted by atomic mass is 10.0. The first kappa shape index (κ1) is 12.6. The summed E-state index contributed by atoms with van der Waals surface area (Å²) in [6, 6.07) is 8.62. The first-order chi connectivity index (χ1) is 8.58. The molecule has 3 nitrogen and oxygen atoms in total. The molecule has 1 N–H and O–H groups in total. The first-order valence-corrected chi connectivity index (χ1v) is 6.20. The summed E-state index contributed by atoms with van der Waals surface area (Å²) in [5.41, 5.74) is 4.44. The lowest BCUT2D eigenvalue weighted by Crippen LogP contribution is -2.11. The lowest BCUT2D eigenvalue weighted by molar-refractivity contribution is 0.853. The Kier molecular flexibility index (Phi) is 3.60. The second-order valence-electron chi connectivity index (χ2n) is 4.67. The number of aryl methyl sites for hydroxylation is 3. The molecule has 0 aliphatic carbocycles. The molecular formula is C15H19N3. The van der Waals surface area contributed by atoms with Crippen molar-refractivity contribution in [2.45, 2.75) is 33.7 Å². The summed E-state index contributed by atoms with van der Waals surface area (Å²) in [7, 11) is 0. The van der Waals surface area contributed by atoms with E-state index >= 15 is 0 Å². The van der Waals surface area contributed by atoms with E-state index in [1.54, 1.807) is 6.20 Å². The molecule has 1 aromatic heterocycles. The zero-order valence-electron chi connectivity index (χ0n) is 11.4. The number of nitrogens with zero attached hydrogens (tertiary/aromatic N) is 2. The third-order valence-corrected chi connectivity index (χ3v) is 3.08. The third-order valence-electron chi connectivity index (χ3n) is 3.08. The minimum atomic E-state index is 0.223. The van der Waals surface area contributed by atoms with Crippen LogP contribution in [0.4, 0.5) is 5.82 Å². The smallest absolute Gasteiger partial charge is 0.148 e. The van der Waals surface area contributed by atoms with Gasteiger partial charge in [-0.2, -0.15) is 0 Å². The Bertz CT molecular complexity index is 549. The van der Waals surface area contributed by atoms with Crippen LogP contribution in [-0.4, -0.2) is 9.97 Å². The van der Waals surface area contributed by atoms with E-state index < -0.39 is 0 Å². The van der Waals surface area contributed by atoms with Crippen LogP contribution in [0.2, 0.25) is 0 Å². The molecule has 0 spiro atoms. The van der Waals surface area contributed by atoms with Crippen LogP contribution < -0.4 is 5.32 Å². The number of anilines is 1. The molecule has 2 aromatic rings. The molecule has 18 heavy (non-hydrogen) atoms. The predicted molar refractivity (Wildman–Crippen MR) is 74.7 cm³/mol. The second-order valence-corrected chi connectivity index (χ2v) is 4.67. The van der Waals surface area contributed by atoms with Gasteiger partial charge >= 0.3 is 0 Å². The van der Waals surface area contributed by atoms with Gasteiger partial charge in [0.25, 0.3) is 0 Å². The van der Waals surface area contributed by atoms with Crippen LogP contribution >= 0.6 is 0 Å². The van der Waals surface area contributed by atoms with Crippen molar-refractivity contribution in [3.63, 3.8) is 0 Å². The zero-order chi connectivity index (χ0) is 13.1. The highest BCUT2D eigenvalue weighted by Gasteiger charge is 2.10. The Labute approximate surface area is 108 Å². The van der Waals surface area contributed by atoms with Gasteiger partial charge in [-0.25, -0.2) is 4.98 Å². The van der Waals surface area contributed by atoms with Crippen molar-refractivity contribution in [1.82, 2.24) is 9.97 Å². The number of nitrogens with one attached hydrogen (secondary N) is 1. The molecule has 1 unspecified atom stereocenters. The topological polar surface area (TPSA) is 37.8 Å². The summed E-state index contributed by atoms with van der Waals surface area (Å²) in [6.07, 6.45) is 1.79. The van der Waals surface area contributed by atoms with Crippen molar-refractivity contribution in [2.75, 3.05) is 5.32 Å². The van der Waals surface area contributed by atoms with Crippen LogP contribution in [0, 0.1) is 20.8 Å². The van der Waals surface area contributed by atoms with Crippen molar-refractivity contribution in [1.29, 1.82) is 0 Å². The van der Waals surface area contributed by atoms with Gasteiger partial charge in [-0.15, -0.1) is 0 Å². The molecule has 0 amide bonds. The molecule has 0 fully saturated rings. The van der Waals surface area contributed by atoms with Crippen molar-refractivity contribution in [3.05, 3.63) is 53.0 Å². The Hall–Kier alpha value is -1.90. The summed E-state index contributed by atoms with van der Waals surface area (Å²) in [4.78, 5) is 8.82. The Balaban J connectivity index is 2.24. The predicted octanol–water partition coefficient (Wildman–Crippen LogP) is 3.57. The van der Waals surface area contributed by atoms with Gasteiger partial charge in [-0.3, -0.25) is 4.98 Å². The molecule has 1 atom stereocenters. The minimum absolute atomic E-state index is 0.223. The van der Waals surface area contributed by atoms with Crippen LogP contribution in [0.25, 0.3) is 0 Å². The number of hydrogen-bond acceptors (Lipinski definition) is 3. The van der Waals surface area contributed by atoms with E-state index in [2.05, 4.69) is 53.4 Å². The van der Waals surface area contributed by atoms with E-state index in [4.69, 9.17) is 0 Å². The van der Waals surface area contributed by atoms with Gasteiger partial charge in [0.2, 0.25) is 0 Å². The molecule has 0 bridgehead atoms. The second kappa shape index (κ2) is 5.17. The fourth-order valence-electron chi connectivity index (χ4n) is 2.03. The Morgan fingerprint density at radius 3 is 2.56 bits per heavy atom. The molecule has 3 heteroatoms. The molecule has 0 saturated heterocycles. The standard InChI is InChI=1S/C15H19N3/c1-10-7-5-6-8-14(10)12(3)18-15-13(4)16-9-11(2)17-15/h5-9,12H,1-4H3,(H,17,18). The molecule has 2 rings (SSSR count). The molecule has 94 valence electrons. The summed E-state index contributed by atoms with van der Waals surface area (Å²) in [5, 5.41) is 3.43. The van der Waals surface area contributed by atoms with Crippen LogP contribution in [0.15, 0.2) is 30.5 Å². The van der Waals surface area contributed by atoms with Crippen molar-refractivity contribution >= 4 is 5.82 Å². The quantitative estimate of drug-likeness (QED) is 0.892. The van der Waals surface area contributed by atoms with E-state index in [9.17, 15) is 0 Å². The van der Waals surface area contributed by atoms with E-state index in [0.29, 0.717) is 0 Å². The van der Waals surface area contributed by atoms with Crippen LogP contribution in [-0.2, 0) is 0 Å². The SMILES string of the molecule is Cc1cnc(C)c(NC(C)c2ccccc2C)n1. The zero-order valence-corrected chi connectivity index (χ0v) is 11.4. The highest BCUT2D eigenvalue weighted by atomic mass is 15.0. The van der Waals surface area contributed by atoms with E-state index in [-0.39, 0.29) is 6.04 Å². The van der Waals surface area contributed by atoms with Crippen molar-refractivity contribution in [2.24, 2.45) is 0 Å². The molecule has 0 aliphatic heterocycles. The van der Waals surface area contributed by atoms with Gasteiger partial charge in [0.1, 0.15) is 5.82 Å². The van der Waals surface area contributed by atoms with Gasteiger partial charge in [0.05, 0.1) is 17.4 Å². The van der Waals surface area contributed by atoms with E-state index in [1.165, 1.54) is 11.1 Å². The summed E-state index contributed by atoms with van der Waals surface area (Å²) in [6.45, 7) is 8.20. The van der Waals surface area contributed by atoms with Crippen LogP contribution in [0.1, 0.15) is 35.5 Å². The molecule has 0 aliphatic rings. The fourth-order valence-corrected chi connectivity index (χ4v) is 2.03. The number of aromatic nitrogens is 2. The molecule has 1 aromatic carbocycles. The Morgan fingerprint density at radius 2 is 1.83 bits per heavy atom. The Morgan fingerprint density at radius 1 is 1.11 bits per heavy atom. The average molecular weight is 241 g/mol. The van der Waals surface area contributed by atoms with Gasteiger partial charge in [-0.1, -0.05) is 24.3 Å². The number of benzene rings is 1. The lowest BCUT2D eigenvalue weighted by Gasteiger charge is -2.18. The molecule has 0 saturated carbocycles. The highest BCUT2D eigenvalue weighted by Crippen LogP contribution is 2.22. The monoisotopic (exact) mass is 241 g/mol. The average Bonchev–Trinajstić information content (AvgIpc) is 2.34. The number of rotatable bonds is 3. The van der Waals surface area contributed by atoms with Crippen molar-refractivity contribution in [3.8, 4) is 0 Å². The normalized spacial score (nSPS) is 12.2. The minimum Gasteiger partial charge on any atom is -0.362 e. The fraction of sp³-hybridized carbons (Fsp3) is 0.333. The maximum atomic E-state index is 4.49. The first-order valence-electron chi connectivity index (χ1n) is 6.20. The summed E-state index contributed by atoms with van der Waals surface area (Å²) in [5.74, 6) is 0.866. The van der Waals surface area contributed by atoms with Gasteiger partial charge in [-0.05, 0) is 38.8 Å². The van der Waals surface area contributed by atoms with E-state index in [0.717, 1.165) is 17.2 Å². The maximum absolute atomic E-state index is 4.49. The van der Waals surface area contributed by atoms with Crippen molar-refractivity contribution < 1.29 is 0 Å². The number of hydrogen-bond donors (Lipinski definition) is 1. The van der Waals surface area contributed by atoms with Crippen LogP contribution in [0.5, 0.6) is 0 Å². The largest absolute Gasteiger partial charge is 0.362 e. The highest BCUT2D eigenvalue weighted by molar-refractivity contribution is 5.43. The van der Waals surface area contributed by atoms with Gasteiger partial charge in [0.15, 0.2) is 0 Å². The van der Waals surface area contributed by atoms with E-state index in [1.807, 2.05) is 13.8 Å². The van der Waals surface area contributed by atoms with Crippen LogP contribution in [0.3, 0.4) is 0 Å². The maximum Gasteiger partial charge on any atom is 0.148 e.